The second kappa shape index (κ2) is 11.3. The fourth-order valence-corrected chi connectivity index (χ4v) is 3.72. The van der Waals surface area contributed by atoms with Crippen LogP contribution in [0.2, 0.25) is 0 Å². The van der Waals surface area contributed by atoms with E-state index < -0.39 is 23.1 Å². The van der Waals surface area contributed by atoms with Crippen LogP contribution in [0.1, 0.15) is 101 Å². The van der Waals surface area contributed by atoms with Crippen molar-refractivity contribution in [1.29, 1.82) is 0 Å². The molecule has 32 heavy (non-hydrogen) atoms. The van der Waals surface area contributed by atoms with Crippen molar-refractivity contribution in [1.82, 2.24) is 0 Å². The molecule has 0 aromatic heterocycles. The number of esters is 2. The van der Waals surface area contributed by atoms with Gasteiger partial charge in [0.2, 0.25) is 0 Å². The van der Waals surface area contributed by atoms with Crippen molar-refractivity contribution in [2.24, 2.45) is 0 Å². The Kier molecular flexibility index (Phi) is 9.06. The first-order chi connectivity index (χ1) is 15.1. The molecule has 0 bridgehead atoms. The maximum Gasteiger partial charge on any atom is 0.340 e. The average molecular weight is 439 g/mol. The molecule has 0 N–H and O–H groups in total. The Morgan fingerprint density at radius 1 is 0.719 bits per heavy atom. The van der Waals surface area contributed by atoms with Gasteiger partial charge in [-0.05, 0) is 70.6 Å². The lowest BCUT2D eigenvalue weighted by atomic mass is 9.94. The molecule has 0 saturated carbocycles. The molecule has 2 aromatic rings. The normalized spacial score (nSPS) is 11.8. The van der Waals surface area contributed by atoms with Gasteiger partial charge in [-0.1, -0.05) is 69.2 Å². The second-order valence-electron chi connectivity index (χ2n) is 9.60. The van der Waals surface area contributed by atoms with Crippen molar-refractivity contribution in [2.75, 3.05) is 0 Å². The van der Waals surface area contributed by atoms with Crippen molar-refractivity contribution in [2.45, 2.75) is 91.3 Å². The lowest BCUT2D eigenvalue weighted by molar-refractivity contribution is -0.0100. The molecule has 174 valence electrons. The monoisotopic (exact) mass is 438 g/mol. The molecule has 0 radical (unpaired) electrons. The summed E-state index contributed by atoms with van der Waals surface area (Å²) < 4.78 is 11.8. The van der Waals surface area contributed by atoms with Crippen LogP contribution in [0.3, 0.4) is 0 Å². The van der Waals surface area contributed by atoms with Crippen LogP contribution < -0.4 is 0 Å². The van der Waals surface area contributed by atoms with Gasteiger partial charge in [-0.3, -0.25) is 0 Å². The third-order valence-electron chi connectivity index (χ3n) is 5.58. The Bertz CT molecular complexity index is 897. The first kappa shape index (κ1) is 25.6. The van der Waals surface area contributed by atoms with E-state index in [1.165, 1.54) is 0 Å². The van der Waals surface area contributed by atoms with Gasteiger partial charge in [0.1, 0.15) is 11.2 Å². The molecule has 0 spiro atoms. The molecule has 0 fully saturated rings. The molecule has 0 aliphatic rings. The number of hydrogen-bond acceptors (Lipinski definition) is 4. The highest BCUT2D eigenvalue weighted by atomic mass is 16.6. The van der Waals surface area contributed by atoms with Crippen molar-refractivity contribution in [3.63, 3.8) is 0 Å². The quantitative estimate of drug-likeness (QED) is 0.339. The minimum Gasteiger partial charge on any atom is -0.456 e. The van der Waals surface area contributed by atoms with E-state index in [9.17, 15) is 9.59 Å². The molecule has 0 aliphatic heterocycles. The largest absolute Gasteiger partial charge is 0.456 e. The highest BCUT2D eigenvalue weighted by Gasteiger charge is 2.31. The van der Waals surface area contributed by atoms with Crippen LogP contribution in [0.4, 0.5) is 0 Å². The van der Waals surface area contributed by atoms with E-state index in [-0.39, 0.29) is 11.1 Å². The molecule has 4 heteroatoms. The maximum absolute atomic E-state index is 13.5. The summed E-state index contributed by atoms with van der Waals surface area (Å²) in [7, 11) is 0. The van der Waals surface area contributed by atoms with E-state index >= 15 is 0 Å². The number of ether oxygens (including phenoxy) is 2. The number of unbranched alkanes of at least 4 members (excludes halogenated alkanes) is 2. The van der Waals surface area contributed by atoms with Crippen molar-refractivity contribution < 1.29 is 19.1 Å². The van der Waals surface area contributed by atoms with Gasteiger partial charge in [0.05, 0.1) is 11.1 Å². The first-order valence-electron chi connectivity index (χ1n) is 11.8. The number of benzene rings is 2. The molecule has 0 atom stereocenters. The number of rotatable bonds is 11. The van der Waals surface area contributed by atoms with Gasteiger partial charge < -0.3 is 9.47 Å². The van der Waals surface area contributed by atoms with Crippen LogP contribution in [-0.2, 0) is 9.47 Å². The predicted octanol–water partition coefficient (Wildman–Crippen LogP) is 7.60. The van der Waals surface area contributed by atoms with Crippen LogP contribution in [-0.4, -0.2) is 23.1 Å². The van der Waals surface area contributed by atoms with E-state index in [0.29, 0.717) is 5.56 Å². The zero-order valence-corrected chi connectivity index (χ0v) is 20.5. The summed E-state index contributed by atoms with van der Waals surface area (Å²) in [6.45, 7) is 11.9. The molecule has 4 nitrogen and oxygen atoms in total. The SMILES string of the molecule is CCCCC(C)(C)OC(=O)c1cccc(-c2ccccc2)c1C(=O)OC(C)(C)CCCC. The fraction of sp³-hybridized carbons (Fsp3) is 0.500. The summed E-state index contributed by atoms with van der Waals surface area (Å²) in [5, 5.41) is 0. The molecule has 0 heterocycles. The van der Waals surface area contributed by atoms with Crippen molar-refractivity contribution in [3.05, 3.63) is 59.7 Å². The zero-order chi connectivity index (χ0) is 23.8. The Hall–Kier alpha value is -2.62. The van der Waals surface area contributed by atoms with E-state index in [1.54, 1.807) is 12.1 Å². The Morgan fingerprint density at radius 2 is 1.25 bits per heavy atom. The van der Waals surface area contributed by atoms with Gasteiger partial charge in [0, 0.05) is 0 Å². The van der Waals surface area contributed by atoms with Crippen LogP contribution in [0.5, 0.6) is 0 Å². The van der Waals surface area contributed by atoms with E-state index in [0.717, 1.165) is 44.1 Å². The summed E-state index contributed by atoms with van der Waals surface area (Å²) >= 11 is 0. The molecule has 0 unspecified atom stereocenters. The average Bonchev–Trinajstić information content (AvgIpc) is 2.75. The highest BCUT2D eigenvalue weighted by Crippen LogP contribution is 2.31. The van der Waals surface area contributed by atoms with Crippen LogP contribution in [0, 0.1) is 0 Å². The van der Waals surface area contributed by atoms with E-state index in [1.807, 2.05) is 64.1 Å². The number of hydrogen-bond donors (Lipinski definition) is 0. The van der Waals surface area contributed by atoms with Crippen LogP contribution in [0.25, 0.3) is 11.1 Å². The predicted molar refractivity (Wildman–Crippen MR) is 130 cm³/mol. The molecule has 0 saturated heterocycles. The first-order valence-corrected chi connectivity index (χ1v) is 11.8. The minimum atomic E-state index is -0.627. The van der Waals surface area contributed by atoms with Gasteiger partial charge in [-0.15, -0.1) is 0 Å². The fourth-order valence-electron chi connectivity index (χ4n) is 3.72. The summed E-state index contributed by atoms with van der Waals surface area (Å²) in [6.07, 6.45) is 5.48. The number of carbonyl (C=O) groups excluding carboxylic acids is 2. The van der Waals surface area contributed by atoms with E-state index in [4.69, 9.17) is 9.47 Å². The summed E-state index contributed by atoms with van der Waals surface area (Å²) in [5.74, 6) is -0.994. The zero-order valence-electron chi connectivity index (χ0n) is 20.5. The third-order valence-corrected chi connectivity index (χ3v) is 5.58. The third kappa shape index (κ3) is 7.22. The topological polar surface area (TPSA) is 52.6 Å². The summed E-state index contributed by atoms with van der Waals surface area (Å²) in [5.41, 5.74) is 0.788. The van der Waals surface area contributed by atoms with Gasteiger partial charge in [-0.2, -0.15) is 0 Å². The van der Waals surface area contributed by atoms with Gasteiger partial charge in [0.25, 0.3) is 0 Å². The molecular formula is C28H38O4. The van der Waals surface area contributed by atoms with Crippen molar-refractivity contribution >= 4 is 11.9 Å². The lowest BCUT2D eigenvalue weighted by Gasteiger charge is -2.28. The Morgan fingerprint density at radius 3 is 1.78 bits per heavy atom. The van der Waals surface area contributed by atoms with Gasteiger partial charge in [0.15, 0.2) is 0 Å². The molecular weight excluding hydrogens is 400 g/mol. The smallest absolute Gasteiger partial charge is 0.340 e. The molecule has 0 aliphatic carbocycles. The molecule has 2 rings (SSSR count). The van der Waals surface area contributed by atoms with Crippen LogP contribution >= 0.6 is 0 Å². The van der Waals surface area contributed by atoms with Crippen molar-refractivity contribution in [3.8, 4) is 11.1 Å². The highest BCUT2D eigenvalue weighted by molar-refractivity contribution is 6.08. The summed E-state index contributed by atoms with van der Waals surface area (Å²) in [4.78, 5) is 26.7. The van der Waals surface area contributed by atoms with Gasteiger partial charge >= 0.3 is 11.9 Å². The summed E-state index contributed by atoms with van der Waals surface area (Å²) in [6, 6.07) is 14.9. The number of carbonyl (C=O) groups is 2. The standard InChI is InChI=1S/C28H38O4/c1-7-9-19-27(3,4)31-25(29)23-18-14-17-22(21-15-12-11-13-16-21)24(23)26(30)32-28(5,6)20-10-8-2/h11-18H,7-10,19-20H2,1-6H3. The maximum atomic E-state index is 13.5. The van der Waals surface area contributed by atoms with Crippen LogP contribution in [0.15, 0.2) is 48.5 Å². The Labute approximate surface area is 193 Å². The second-order valence-corrected chi connectivity index (χ2v) is 9.60. The van der Waals surface area contributed by atoms with E-state index in [2.05, 4.69) is 13.8 Å². The Balaban J connectivity index is 2.48. The minimum absolute atomic E-state index is 0.243. The van der Waals surface area contributed by atoms with Gasteiger partial charge in [-0.25, -0.2) is 9.59 Å². The lowest BCUT2D eigenvalue weighted by Crippen LogP contribution is -2.31. The molecule has 0 amide bonds. The molecule has 2 aromatic carbocycles.